The van der Waals surface area contributed by atoms with Gasteiger partial charge in [0.05, 0.1) is 19.8 Å². The minimum absolute atomic E-state index is 0.244. The third kappa shape index (κ3) is 4.67. The molecule has 2 aromatic rings. The molecule has 0 amide bonds. The quantitative estimate of drug-likeness (QED) is 0.688. The molecule has 2 aromatic carbocycles. The number of benzene rings is 2. The van der Waals surface area contributed by atoms with Crippen LogP contribution < -0.4 is 0 Å². The maximum absolute atomic E-state index is 10.5. The molecule has 26 heavy (non-hydrogen) atoms. The summed E-state index contributed by atoms with van der Waals surface area (Å²) < 4.78 is 16.9. The summed E-state index contributed by atoms with van der Waals surface area (Å²) in [6.07, 6.45) is -5.06. The Morgan fingerprint density at radius 2 is 1.27 bits per heavy atom. The molecule has 0 saturated carbocycles. The SMILES string of the molecule is OC[C@@H]1O[C@@H](O)[C@H](OCc2ccccc2)[C@@H](OCc2ccccc2)[C@H]1O. The van der Waals surface area contributed by atoms with E-state index < -0.39 is 37.3 Å². The zero-order valence-corrected chi connectivity index (χ0v) is 14.3. The van der Waals surface area contributed by atoms with Crippen molar-refractivity contribution in [3.8, 4) is 0 Å². The van der Waals surface area contributed by atoms with Gasteiger partial charge in [-0.05, 0) is 11.1 Å². The van der Waals surface area contributed by atoms with E-state index in [1.165, 1.54) is 0 Å². The summed E-state index contributed by atoms with van der Waals surface area (Å²) in [6.45, 7) is 0.0705. The topological polar surface area (TPSA) is 88.4 Å². The first-order valence-corrected chi connectivity index (χ1v) is 8.62. The highest BCUT2D eigenvalue weighted by Gasteiger charge is 2.46. The van der Waals surface area contributed by atoms with Gasteiger partial charge in [-0.1, -0.05) is 60.7 Å². The van der Waals surface area contributed by atoms with Gasteiger partial charge >= 0.3 is 0 Å². The molecule has 0 spiro atoms. The standard InChI is InChI=1S/C20H24O6/c21-11-16-17(22)18(24-12-14-7-3-1-4-8-14)19(20(23)26-16)25-13-15-9-5-2-6-10-15/h1-10,16-23H,11-13H2/t16-,17-,18-,19+,20+/m0/s1. The molecule has 0 radical (unpaired) electrons. The van der Waals surface area contributed by atoms with E-state index in [0.717, 1.165) is 11.1 Å². The van der Waals surface area contributed by atoms with Crippen molar-refractivity contribution in [2.24, 2.45) is 0 Å². The molecule has 0 unspecified atom stereocenters. The minimum atomic E-state index is -1.31. The third-order valence-electron chi connectivity index (χ3n) is 4.39. The van der Waals surface area contributed by atoms with Crippen LogP contribution in [0.2, 0.25) is 0 Å². The predicted molar refractivity (Wildman–Crippen MR) is 94.0 cm³/mol. The zero-order valence-electron chi connectivity index (χ0n) is 14.3. The summed E-state index contributed by atoms with van der Waals surface area (Å²) in [4.78, 5) is 0. The average Bonchev–Trinajstić information content (AvgIpc) is 2.69. The van der Waals surface area contributed by atoms with Gasteiger partial charge in [0.1, 0.15) is 24.4 Å². The van der Waals surface area contributed by atoms with Crippen molar-refractivity contribution in [3.63, 3.8) is 0 Å². The van der Waals surface area contributed by atoms with E-state index in [1.807, 2.05) is 60.7 Å². The Labute approximate surface area is 152 Å². The Balaban J connectivity index is 1.69. The lowest BCUT2D eigenvalue weighted by Crippen LogP contribution is -2.60. The van der Waals surface area contributed by atoms with Gasteiger partial charge < -0.3 is 29.5 Å². The van der Waals surface area contributed by atoms with E-state index in [0.29, 0.717) is 0 Å². The molecule has 1 aliphatic rings. The van der Waals surface area contributed by atoms with Crippen molar-refractivity contribution in [3.05, 3.63) is 71.8 Å². The van der Waals surface area contributed by atoms with Gasteiger partial charge in [0.25, 0.3) is 0 Å². The summed E-state index contributed by atoms with van der Waals surface area (Å²) in [6, 6.07) is 19.0. The van der Waals surface area contributed by atoms with Gasteiger partial charge in [-0.3, -0.25) is 0 Å². The summed E-state index contributed by atoms with van der Waals surface area (Å²) in [5, 5.41) is 30.2. The van der Waals surface area contributed by atoms with Crippen LogP contribution in [0.3, 0.4) is 0 Å². The van der Waals surface area contributed by atoms with Crippen LogP contribution in [0.1, 0.15) is 11.1 Å². The molecular formula is C20H24O6. The van der Waals surface area contributed by atoms with E-state index in [-0.39, 0.29) is 13.2 Å². The molecule has 1 fully saturated rings. The van der Waals surface area contributed by atoms with Gasteiger partial charge in [0.15, 0.2) is 6.29 Å². The maximum atomic E-state index is 10.5. The first kappa shape index (κ1) is 19.0. The van der Waals surface area contributed by atoms with Crippen molar-refractivity contribution in [1.29, 1.82) is 0 Å². The molecule has 1 saturated heterocycles. The molecule has 3 rings (SSSR count). The molecule has 5 atom stereocenters. The lowest BCUT2D eigenvalue weighted by atomic mass is 9.98. The lowest BCUT2D eigenvalue weighted by molar-refractivity contribution is -0.307. The van der Waals surface area contributed by atoms with Gasteiger partial charge in [-0.2, -0.15) is 0 Å². The molecular weight excluding hydrogens is 336 g/mol. The smallest absolute Gasteiger partial charge is 0.184 e. The fourth-order valence-corrected chi connectivity index (χ4v) is 2.96. The second-order valence-electron chi connectivity index (χ2n) is 6.26. The molecule has 0 aromatic heterocycles. The van der Waals surface area contributed by atoms with E-state index in [9.17, 15) is 15.3 Å². The van der Waals surface area contributed by atoms with Crippen molar-refractivity contribution in [2.75, 3.05) is 6.61 Å². The Morgan fingerprint density at radius 1 is 0.769 bits per heavy atom. The number of rotatable bonds is 7. The minimum Gasteiger partial charge on any atom is -0.394 e. The fraction of sp³-hybridized carbons (Fsp3) is 0.400. The maximum Gasteiger partial charge on any atom is 0.184 e. The Hall–Kier alpha value is -1.80. The summed E-state index contributed by atoms with van der Waals surface area (Å²) in [5.74, 6) is 0. The second kappa shape index (κ2) is 9.23. The van der Waals surface area contributed by atoms with Gasteiger partial charge in [0.2, 0.25) is 0 Å². The normalized spacial score (nSPS) is 28.8. The highest BCUT2D eigenvalue weighted by molar-refractivity contribution is 5.14. The van der Waals surface area contributed by atoms with Crippen molar-refractivity contribution < 1.29 is 29.5 Å². The number of hydrogen-bond donors (Lipinski definition) is 3. The summed E-state index contributed by atoms with van der Waals surface area (Å²) in [5.41, 5.74) is 1.86. The average molecular weight is 360 g/mol. The Bertz CT molecular complexity index is 650. The predicted octanol–water partition coefficient (Wildman–Crippen LogP) is 1.23. The van der Waals surface area contributed by atoms with E-state index in [2.05, 4.69) is 0 Å². The highest BCUT2D eigenvalue weighted by Crippen LogP contribution is 2.26. The van der Waals surface area contributed by atoms with Gasteiger partial charge in [-0.25, -0.2) is 0 Å². The van der Waals surface area contributed by atoms with Crippen LogP contribution in [0, 0.1) is 0 Å². The number of aliphatic hydroxyl groups excluding tert-OH is 3. The van der Waals surface area contributed by atoms with Crippen LogP contribution in [0.5, 0.6) is 0 Å². The molecule has 1 heterocycles. The number of hydrogen-bond acceptors (Lipinski definition) is 6. The Kier molecular flexibility index (Phi) is 6.73. The third-order valence-corrected chi connectivity index (χ3v) is 4.39. The van der Waals surface area contributed by atoms with Crippen molar-refractivity contribution in [1.82, 2.24) is 0 Å². The van der Waals surface area contributed by atoms with E-state index in [4.69, 9.17) is 14.2 Å². The fourth-order valence-electron chi connectivity index (χ4n) is 2.96. The van der Waals surface area contributed by atoms with Crippen LogP contribution in [0.4, 0.5) is 0 Å². The first-order valence-electron chi connectivity index (χ1n) is 8.62. The monoisotopic (exact) mass is 360 g/mol. The molecule has 0 aliphatic carbocycles. The van der Waals surface area contributed by atoms with Crippen LogP contribution in [0.15, 0.2) is 60.7 Å². The van der Waals surface area contributed by atoms with Crippen LogP contribution in [-0.4, -0.2) is 52.6 Å². The molecule has 6 nitrogen and oxygen atoms in total. The zero-order chi connectivity index (χ0) is 18.4. The lowest BCUT2D eigenvalue weighted by Gasteiger charge is -2.42. The molecule has 1 aliphatic heterocycles. The molecule has 0 bridgehead atoms. The van der Waals surface area contributed by atoms with E-state index >= 15 is 0 Å². The number of aliphatic hydroxyl groups is 3. The largest absolute Gasteiger partial charge is 0.394 e. The van der Waals surface area contributed by atoms with Crippen LogP contribution >= 0.6 is 0 Å². The second-order valence-corrected chi connectivity index (χ2v) is 6.26. The number of ether oxygens (including phenoxy) is 3. The first-order chi connectivity index (χ1) is 12.7. The summed E-state index contributed by atoms with van der Waals surface area (Å²) >= 11 is 0. The molecule has 3 N–H and O–H groups in total. The molecule has 6 heteroatoms. The highest BCUT2D eigenvalue weighted by atomic mass is 16.7. The Morgan fingerprint density at radius 3 is 1.77 bits per heavy atom. The van der Waals surface area contributed by atoms with Crippen molar-refractivity contribution >= 4 is 0 Å². The van der Waals surface area contributed by atoms with Crippen LogP contribution in [-0.2, 0) is 27.4 Å². The van der Waals surface area contributed by atoms with Gasteiger partial charge in [0, 0.05) is 0 Å². The summed E-state index contributed by atoms with van der Waals surface area (Å²) in [7, 11) is 0. The van der Waals surface area contributed by atoms with Gasteiger partial charge in [-0.15, -0.1) is 0 Å². The van der Waals surface area contributed by atoms with Crippen molar-refractivity contribution in [2.45, 2.75) is 43.9 Å². The molecule has 140 valence electrons. The van der Waals surface area contributed by atoms with Crippen LogP contribution in [0.25, 0.3) is 0 Å². The van der Waals surface area contributed by atoms with E-state index in [1.54, 1.807) is 0 Å².